The average molecular weight is 372 g/mol. The maximum atomic E-state index is 13.0. The number of aromatic nitrogens is 1. The summed E-state index contributed by atoms with van der Waals surface area (Å²) in [4.78, 5) is 17.5. The number of anilines is 1. The van der Waals surface area contributed by atoms with Gasteiger partial charge in [0.05, 0.1) is 19.9 Å². The fourth-order valence-electron chi connectivity index (χ4n) is 2.42. The first kappa shape index (κ1) is 17.9. The average Bonchev–Trinajstić information content (AvgIpc) is 3.05. The molecule has 0 aliphatic heterocycles. The van der Waals surface area contributed by atoms with Gasteiger partial charge in [0.1, 0.15) is 15.7 Å². The largest absolute Gasteiger partial charge is 0.493 e. The summed E-state index contributed by atoms with van der Waals surface area (Å²) in [5.41, 5.74) is 1.98. The van der Waals surface area contributed by atoms with Crippen LogP contribution in [0.5, 0.6) is 11.5 Å². The van der Waals surface area contributed by atoms with Gasteiger partial charge in [-0.2, -0.15) is 0 Å². The molecule has 0 aliphatic rings. The number of halogens is 1. The molecule has 2 aromatic carbocycles. The third-order valence-electron chi connectivity index (χ3n) is 3.74. The summed E-state index contributed by atoms with van der Waals surface area (Å²) in [7, 11) is 3.14. The van der Waals surface area contributed by atoms with E-state index in [-0.39, 0.29) is 11.7 Å². The van der Waals surface area contributed by atoms with Gasteiger partial charge in [0.25, 0.3) is 5.91 Å². The highest BCUT2D eigenvalue weighted by atomic mass is 32.1. The molecule has 0 atom stereocenters. The van der Waals surface area contributed by atoms with Crippen LogP contribution in [0, 0.1) is 12.7 Å². The Balaban J connectivity index is 1.87. The van der Waals surface area contributed by atoms with Crippen molar-refractivity contribution in [3.05, 3.63) is 58.9 Å². The fourth-order valence-corrected chi connectivity index (χ4v) is 3.38. The van der Waals surface area contributed by atoms with E-state index in [1.807, 2.05) is 12.1 Å². The van der Waals surface area contributed by atoms with Gasteiger partial charge in [0.2, 0.25) is 0 Å². The lowest BCUT2D eigenvalue weighted by Gasteiger charge is -2.08. The second-order valence-corrected chi connectivity index (χ2v) is 6.46. The highest BCUT2D eigenvalue weighted by Crippen LogP contribution is 2.35. The van der Waals surface area contributed by atoms with E-state index in [4.69, 9.17) is 9.47 Å². The number of methoxy groups -OCH3 is 2. The van der Waals surface area contributed by atoms with Gasteiger partial charge in [-0.25, -0.2) is 9.37 Å². The SMILES string of the molecule is COc1ccc(-c2nc(C)c(C(=O)Nc3ccc(F)cc3)s2)cc1OC. The summed E-state index contributed by atoms with van der Waals surface area (Å²) in [6.07, 6.45) is 0. The molecule has 7 heteroatoms. The number of hydrogen-bond acceptors (Lipinski definition) is 5. The first-order valence-corrected chi connectivity index (χ1v) is 8.60. The highest BCUT2D eigenvalue weighted by molar-refractivity contribution is 7.17. The molecule has 1 heterocycles. The van der Waals surface area contributed by atoms with Crippen molar-refractivity contribution in [2.45, 2.75) is 6.92 Å². The van der Waals surface area contributed by atoms with Gasteiger partial charge in [-0.3, -0.25) is 4.79 Å². The molecule has 26 heavy (non-hydrogen) atoms. The molecule has 1 amide bonds. The van der Waals surface area contributed by atoms with Crippen molar-refractivity contribution in [1.29, 1.82) is 0 Å². The number of carbonyl (C=O) groups is 1. The third kappa shape index (κ3) is 3.67. The van der Waals surface area contributed by atoms with Crippen LogP contribution >= 0.6 is 11.3 Å². The van der Waals surface area contributed by atoms with Gasteiger partial charge in [-0.15, -0.1) is 11.3 Å². The van der Waals surface area contributed by atoms with E-state index in [1.165, 1.54) is 35.6 Å². The minimum atomic E-state index is -0.354. The van der Waals surface area contributed by atoms with Crippen molar-refractivity contribution in [2.75, 3.05) is 19.5 Å². The molecule has 0 saturated carbocycles. The van der Waals surface area contributed by atoms with Crippen molar-refractivity contribution in [3.8, 4) is 22.1 Å². The normalized spacial score (nSPS) is 10.5. The number of hydrogen-bond donors (Lipinski definition) is 1. The number of rotatable bonds is 5. The van der Waals surface area contributed by atoms with Gasteiger partial charge in [0.15, 0.2) is 11.5 Å². The molecule has 1 aromatic heterocycles. The van der Waals surface area contributed by atoms with Gasteiger partial charge in [-0.05, 0) is 49.4 Å². The molecule has 0 spiro atoms. The Morgan fingerprint density at radius 2 is 1.77 bits per heavy atom. The fraction of sp³-hybridized carbons (Fsp3) is 0.158. The first-order valence-electron chi connectivity index (χ1n) is 7.78. The van der Waals surface area contributed by atoms with Crippen molar-refractivity contribution < 1.29 is 18.7 Å². The van der Waals surface area contributed by atoms with Gasteiger partial charge in [-0.1, -0.05) is 0 Å². The van der Waals surface area contributed by atoms with Crippen LogP contribution in [0.15, 0.2) is 42.5 Å². The molecule has 0 fully saturated rings. The molecule has 0 saturated heterocycles. The Morgan fingerprint density at radius 1 is 1.08 bits per heavy atom. The predicted molar refractivity (Wildman–Crippen MR) is 99.7 cm³/mol. The summed E-state index contributed by atoms with van der Waals surface area (Å²) in [6, 6.07) is 11.1. The van der Waals surface area contributed by atoms with Crippen LogP contribution in [0.1, 0.15) is 15.4 Å². The number of amides is 1. The third-order valence-corrected chi connectivity index (χ3v) is 4.94. The van der Waals surface area contributed by atoms with Crippen LogP contribution in [0.3, 0.4) is 0 Å². The minimum absolute atomic E-state index is 0.279. The lowest BCUT2D eigenvalue weighted by Crippen LogP contribution is -2.11. The van der Waals surface area contributed by atoms with Crippen LogP contribution in [-0.2, 0) is 0 Å². The zero-order chi connectivity index (χ0) is 18.7. The Hall–Kier alpha value is -2.93. The molecule has 3 rings (SSSR count). The molecular formula is C19H17FN2O3S. The highest BCUT2D eigenvalue weighted by Gasteiger charge is 2.17. The maximum Gasteiger partial charge on any atom is 0.267 e. The number of nitrogens with one attached hydrogen (secondary N) is 1. The van der Waals surface area contributed by atoms with Crippen molar-refractivity contribution in [3.63, 3.8) is 0 Å². The molecule has 134 valence electrons. The Kier molecular flexibility index (Phi) is 5.18. The topological polar surface area (TPSA) is 60.5 Å². The first-order chi connectivity index (χ1) is 12.5. The standard InChI is InChI=1S/C19H17FN2O3S/c1-11-17(18(23)22-14-7-5-13(20)6-8-14)26-19(21-11)12-4-9-15(24-2)16(10-12)25-3/h4-10H,1-3H3,(H,22,23). The summed E-state index contributed by atoms with van der Waals surface area (Å²) in [6.45, 7) is 1.78. The zero-order valence-corrected chi connectivity index (χ0v) is 15.3. The quantitative estimate of drug-likeness (QED) is 0.715. The van der Waals surface area contributed by atoms with E-state index < -0.39 is 0 Å². The van der Waals surface area contributed by atoms with Crippen LogP contribution in [0.2, 0.25) is 0 Å². The number of benzene rings is 2. The molecular weight excluding hydrogens is 355 g/mol. The van der Waals surface area contributed by atoms with Gasteiger partial charge in [0, 0.05) is 11.3 Å². The smallest absolute Gasteiger partial charge is 0.267 e. The Morgan fingerprint density at radius 3 is 2.42 bits per heavy atom. The van der Waals surface area contributed by atoms with Gasteiger partial charge < -0.3 is 14.8 Å². The monoisotopic (exact) mass is 372 g/mol. The van der Waals surface area contributed by atoms with E-state index in [0.717, 1.165) is 5.56 Å². The van der Waals surface area contributed by atoms with Crippen LogP contribution < -0.4 is 14.8 Å². The van der Waals surface area contributed by atoms with E-state index >= 15 is 0 Å². The van der Waals surface area contributed by atoms with Crippen LogP contribution in [0.4, 0.5) is 10.1 Å². The molecule has 1 N–H and O–H groups in total. The number of carbonyl (C=O) groups excluding carboxylic acids is 1. The molecule has 5 nitrogen and oxygen atoms in total. The van der Waals surface area contributed by atoms with Gasteiger partial charge >= 0.3 is 0 Å². The number of nitrogens with zero attached hydrogens (tertiary/aromatic N) is 1. The number of thiazole rings is 1. The maximum absolute atomic E-state index is 13.0. The van der Waals surface area contributed by atoms with E-state index in [1.54, 1.807) is 27.2 Å². The van der Waals surface area contributed by atoms with Crippen molar-refractivity contribution in [2.24, 2.45) is 0 Å². The van der Waals surface area contributed by atoms with Crippen LogP contribution in [0.25, 0.3) is 10.6 Å². The van der Waals surface area contributed by atoms with Crippen molar-refractivity contribution >= 4 is 22.9 Å². The second-order valence-electron chi connectivity index (χ2n) is 5.46. The second kappa shape index (κ2) is 7.53. The van der Waals surface area contributed by atoms with Crippen LogP contribution in [-0.4, -0.2) is 25.1 Å². The van der Waals surface area contributed by atoms with E-state index in [9.17, 15) is 9.18 Å². The summed E-state index contributed by atoms with van der Waals surface area (Å²) < 4.78 is 23.5. The summed E-state index contributed by atoms with van der Waals surface area (Å²) >= 11 is 1.28. The molecule has 3 aromatic rings. The lowest BCUT2D eigenvalue weighted by molar-refractivity contribution is 0.103. The summed E-state index contributed by atoms with van der Waals surface area (Å²) in [5.74, 6) is 0.583. The molecule has 0 unspecified atom stereocenters. The Labute approximate surface area is 154 Å². The van der Waals surface area contributed by atoms with E-state index in [0.29, 0.717) is 32.8 Å². The number of aryl methyl sites for hydroxylation is 1. The minimum Gasteiger partial charge on any atom is -0.493 e. The predicted octanol–water partition coefficient (Wildman–Crippen LogP) is 4.53. The molecule has 0 bridgehead atoms. The van der Waals surface area contributed by atoms with Crippen molar-refractivity contribution in [1.82, 2.24) is 4.98 Å². The zero-order valence-electron chi connectivity index (χ0n) is 14.5. The molecule has 0 aliphatic carbocycles. The summed E-state index contributed by atoms with van der Waals surface area (Å²) in [5, 5.41) is 3.45. The Bertz CT molecular complexity index is 938. The molecule has 0 radical (unpaired) electrons. The van der Waals surface area contributed by atoms with E-state index in [2.05, 4.69) is 10.3 Å². The lowest BCUT2D eigenvalue weighted by atomic mass is 10.2. The number of ether oxygens (including phenoxy) is 2.